The number of ether oxygens (including phenoxy) is 2. The maximum Gasteiger partial charge on any atom is 0.387 e. The van der Waals surface area contributed by atoms with E-state index in [0.717, 1.165) is 0 Å². The Kier molecular flexibility index (Phi) is 5.89. The number of anilines is 1. The third-order valence-corrected chi connectivity index (χ3v) is 3.26. The molecule has 0 saturated heterocycles. The molecule has 2 aromatic carbocycles. The van der Waals surface area contributed by atoms with Crippen molar-refractivity contribution in [2.75, 3.05) is 19.5 Å². The predicted octanol–water partition coefficient (Wildman–Crippen LogP) is 2.91. The van der Waals surface area contributed by atoms with Gasteiger partial charge in [0.2, 0.25) is 0 Å². The minimum Gasteiger partial charge on any atom is -0.493 e. The van der Waals surface area contributed by atoms with Crippen molar-refractivity contribution < 1.29 is 27.8 Å². The number of hydrogen-bond donors (Lipinski definition) is 2. The highest BCUT2D eigenvalue weighted by molar-refractivity contribution is 6.07. The second-order valence-electron chi connectivity index (χ2n) is 4.83. The van der Waals surface area contributed by atoms with Crippen molar-refractivity contribution in [1.29, 1.82) is 0 Å². The Balaban J connectivity index is 2.31. The molecule has 0 radical (unpaired) electrons. The van der Waals surface area contributed by atoms with Crippen LogP contribution in [0.1, 0.15) is 20.7 Å². The minimum atomic E-state index is -3.11. The second kappa shape index (κ2) is 8.09. The lowest BCUT2D eigenvalue weighted by Crippen LogP contribution is -2.19. The predicted molar refractivity (Wildman–Crippen MR) is 87.4 cm³/mol. The number of benzene rings is 2. The fraction of sp³-hybridized carbons (Fsp3) is 0.176. The van der Waals surface area contributed by atoms with Gasteiger partial charge >= 0.3 is 6.61 Å². The van der Waals surface area contributed by atoms with Crippen molar-refractivity contribution in [3.05, 3.63) is 53.6 Å². The molecule has 132 valence electrons. The van der Waals surface area contributed by atoms with E-state index in [4.69, 9.17) is 4.74 Å². The summed E-state index contributed by atoms with van der Waals surface area (Å²) in [6.07, 6.45) is 0. The van der Waals surface area contributed by atoms with E-state index < -0.39 is 12.5 Å². The van der Waals surface area contributed by atoms with Crippen molar-refractivity contribution in [2.45, 2.75) is 6.61 Å². The molecule has 0 aliphatic heterocycles. The van der Waals surface area contributed by atoms with Gasteiger partial charge in [-0.1, -0.05) is 12.1 Å². The number of methoxy groups -OCH3 is 1. The third-order valence-electron chi connectivity index (χ3n) is 3.26. The van der Waals surface area contributed by atoms with Gasteiger partial charge in [0.05, 0.1) is 12.7 Å². The van der Waals surface area contributed by atoms with Crippen LogP contribution in [-0.4, -0.2) is 32.6 Å². The van der Waals surface area contributed by atoms with Gasteiger partial charge in [0.15, 0.2) is 11.5 Å². The Hall–Kier alpha value is -3.16. The van der Waals surface area contributed by atoms with Gasteiger partial charge in [0, 0.05) is 18.3 Å². The maximum atomic E-state index is 12.6. The molecule has 6 nitrogen and oxygen atoms in total. The highest BCUT2D eigenvalue weighted by Crippen LogP contribution is 2.33. The molecule has 8 heteroatoms. The lowest BCUT2D eigenvalue weighted by Gasteiger charge is -2.14. The average molecular weight is 350 g/mol. The first-order chi connectivity index (χ1) is 12.0. The van der Waals surface area contributed by atoms with Crippen LogP contribution in [0.15, 0.2) is 42.5 Å². The summed E-state index contributed by atoms with van der Waals surface area (Å²) < 4.78 is 34.7. The fourth-order valence-corrected chi connectivity index (χ4v) is 2.15. The quantitative estimate of drug-likeness (QED) is 0.840. The van der Waals surface area contributed by atoms with Crippen molar-refractivity contribution >= 4 is 17.5 Å². The molecule has 0 atom stereocenters. The molecule has 0 heterocycles. The Morgan fingerprint density at radius 3 is 2.44 bits per heavy atom. The summed E-state index contributed by atoms with van der Waals surface area (Å²) in [6.45, 7) is -3.11. The SMILES string of the molecule is CNC(=O)c1cccc(NC(=O)c2cccc(OC)c2OC(F)F)c1. The summed E-state index contributed by atoms with van der Waals surface area (Å²) in [6, 6.07) is 10.4. The molecule has 0 aromatic heterocycles. The smallest absolute Gasteiger partial charge is 0.387 e. The van der Waals surface area contributed by atoms with Crippen molar-refractivity contribution in [3.63, 3.8) is 0 Å². The minimum absolute atomic E-state index is 0.00654. The van der Waals surface area contributed by atoms with Gasteiger partial charge in [0.1, 0.15) is 0 Å². The van der Waals surface area contributed by atoms with Gasteiger partial charge in [-0.25, -0.2) is 0 Å². The van der Waals surface area contributed by atoms with Crippen LogP contribution in [-0.2, 0) is 0 Å². The van der Waals surface area contributed by atoms with Gasteiger partial charge in [-0.2, -0.15) is 8.78 Å². The van der Waals surface area contributed by atoms with Crippen molar-refractivity contribution in [2.24, 2.45) is 0 Å². The number of para-hydroxylation sites is 1. The summed E-state index contributed by atoms with van der Waals surface area (Å²) in [4.78, 5) is 24.1. The average Bonchev–Trinajstić information content (AvgIpc) is 2.60. The standard InChI is InChI=1S/C17H16F2N2O4/c1-20-15(22)10-5-3-6-11(9-10)21-16(23)12-7-4-8-13(24-2)14(12)25-17(18)19/h3-9,17H,1-2H3,(H,20,22)(H,21,23). The first-order valence-electron chi connectivity index (χ1n) is 7.21. The number of rotatable bonds is 6. The summed E-state index contributed by atoms with van der Waals surface area (Å²) in [7, 11) is 2.76. The Bertz CT molecular complexity index is 781. The highest BCUT2D eigenvalue weighted by Gasteiger charge is 2.20. The molecule has 2 rings (SSSR count). The van der Waals surface area contributed by atoms with Crippen LogP contribution in [0, 0.1) is 0 Å². The molecule has 0 bridgehead atoms. The van der Waals surface area contributed by atoms with Gasteiger partial charge in [-0.05, 0) is 30.3 Å². The third kappa shape index (κ3) is 4.43. The van der Waals surface area contributed by atoms with E-state index in [-0.39, 0.29) is 23.0 Å². The fourth-order valence-electron chi connectivity index (χ4n) is 2.15. The number of nitrogens with one attached hydrogen (secondary N) is 2. The molecule has 0 fully saturated rings. The summed E-state index contributed by atoms with van der Waals surface area (Å²) >= 11 is 0. The van der Waals surface area contributed by atoms with Gasteiger partial charge in [-0.15, -0.1) is 0 Å². The zero-order chi connectivity index (χ0) is 18.4. The Labute approximate surface area is 142 Å². The zero-order valence-corrected chi connectivity index (χ0v) is 13.5. The number of amides is 2. The van der Waals surface area contributed by atoms with Gasteiger partial charge in [-0.3, -0.25) is 9.59 Å². The number of carbonyl (C=O) groups is 2. The normalized spacial score (nSPS) is 10.3. The number of alkyl halides is 2. The van der Waals surface area contributed by atoms with Gasteiger partial charge in [0.25, 0.3) is 11.8 Å². The molecule has 25 heavy (non-hydrogen) atoms. The number of halogens is 2. The van der Waals surface area contributed by atoms with Crippen LogP contribution in [0.5, 0.6) is 11.5 Å². The molecule has 0 unspecified atom stereocenters. The van der Waals surface area contributed by atoms with E-state index >= 15 is 0 Å². The molecular formula is C17H16F2N2O4. The molecule has 2 amide bonds. The largest absolute Gasteiger partial charge is 0.493 e. The zero-order valence-electron chi connectivity index (χ0n) is 13.5. The number of carbonyl (C=O) groups excluding carboxylic acids is 2. The Morgan fingerprint density at radius 1 is 1.08 bits per heavy atom. The second-order valence-corrected chi connectivity index (χ2v) is 4.83. The monoisotopic (exact) mass is 350 g/mol. The molecule has 0 aliphatic carbocycles. The van der Waals surface area contributed by atoms with E-state index in [0.29, 0.717) is 11.3 Å². The van der Waals surface area contributed by atoms with E-state index in [1.54, 1.807) is 18.2 Å². The summed E-state index contributed by atoms with van der Waals surface area (Å²) in [5, 5.41) is 5.01. The van der Waals surface area contributed by atoms with Crippen molar-refractivity contribution in [3.8, 4) is 11.5 Å². The molecule has 0 aliphatic rings. The molecule has 0 saturated carbocycles. The lowest BCUT2D eigenvalue weighted by atomic mass is 10.1. The molecule has 0 spiro atoms. The molecular weight excluding hydrogens is 334 g/mol. The molecule has 2 N–H and O–H groups in total. The lowest BCUT2D eigenvalue weighted by molar-refractivity contribution is -0.0515. The van der Waals surface area contributed by atoms with E-state index in [1.165, 1.54) is 38.4 Å². The summed E-state index contributed by atoms with van der Waals surface area (Å²) in [5.74, 6) is -1.35. The first-order valence-corrected chi connectivity index (χ1v) is 7.21. The Morgan fingerprint density at radius 2 is 1.80 bits per heavy atom. The number of hydrogen-bond acceptors (Lipinski definition) is 4. The van der Waals surface area contributed by atoms with Crippen LogP contribution < -0.4 is 20.1 Å². The summed E-state index contributed by atoms with van der Waals surface area (Å²) in [5.41, 5.74) is 0.553. The van der Waals surface area contributed by atoms with Crippen LogP contribution in [0.3, 0.4) is 0 Å². The van der Waals surface area contributed by atoms with Gasteiger partial charge < -0.3 is 20.1 Å². The maximum absolute atomic E-state index is 12.6. The van der Waals surface area contributed by atoms with E-state index in [1.807, 2.05) is 0 Å². The van der Waals surface area contributed by atoms with Crippen LogP contribution >= 0.6 is 0 Å². The van der Waals surface area contributed by atoms with E-state index in [2.05, 4.69) is 15.4 Å². The van der Waals surface area contributed by atoms with E-state index in [9.17, 15) is 18.4 Å². The highest BCUT2D eigenvalue weighted by atomic mass is 19.3. The molecule has 2 aromatic rings. The van der Waals surface area contributed by atoms with Crippen LogP contribution in [0.4, 0.5) is 14.5 Å². The van der Waals surface area contributed by atoms with Crippen LogP contribution in [0.25, 0.3) is 0 Å². The first kappa shape index (κ1) is 18.2. The van der Waals surface area contributed by atoms with Crippen LogP contribution in [0.2, 0.25) is 0 Å². The van der Waals surface area contributed by atoms with Crippen molar-refractivity contribution in [1.82, 2.24) is 5.32 Å². The topological polar surface area (TPSA) is 76.7 Å².